The van der Waals surface area contributed by atoms with Gasteiger partial charge in [-0.1, -0.05) is 6.92 Å². The quantitative estimate of drug-likeness (QED) is 0.668. The van der Waals surface area contributed by atoms with E-state index in [0.717, 1.165) is 0 Å². The van der Waals surface area contributed by atoms with Crippen LogP contribution in [0.25, 0.3) is 0 Å². The minimum atomic E-state index is -5.12. The van der Waals surface area contributed by atoms with Gasteiger partial charge in [-0.3, -0.25) is 0 Å². The Morgan fingerprint density at radius 1 is 1.42 bits per heavy atom. The number of carbonyl (C=O) groups excluding carboxylic acids is 1. The van der Waals surface area contributed by atoms with Gasteiger partial charge in [-0.05, 0) is 13.3 Å². The van der Waals surface area contributed by atoms with E-state index in [0.29, 0.717) is 13.3 Å². The van der Waals surface area contributed by atoms with Gasteiger partial charge < -0.3 is 15.7 Å². The van der Waals surface area contributed by atoms with Crippen molar-refractivity contribution < 1.29 is 27.9 Å². The summed E-state index contributed by atoms with van der Waals surface area (Å²) in [7, 11) is 0. The topological polar surface area (TPSA) is 78.4 Å². The molecule has 3 N–H and O–H groups in total. The maximum atomic E-state index is 12.6. The molecule has 0 aliphatic carbocycles. The lowest BCUT2D eigenvalue weighted by Crippen LogP contribution is -2.64. The third-order valence-electron chi connectivity index (χ3n) is 2.55. The van der Waals surface area contributed by atoms with Crippen LogP contribution in [-0.4, -0.2) is 34.9 Å². The van der Waals surface area contributed by atoms with Crippen molar-refractivity contribution in [1.29, 1.82) is 0 Å². The Bertz CT molecular complexity index is 390. The highest BCUT2D eigenvalue weighted by Gasteiger charge is 2.58. The summed E-state index contributed by atoms with van der Waals surface area (Å²) in [6.07, 6.45) is 0.457. The lowest BCUT2D eigenvalue weighted by atomic mass is 10.0. The van der Waals surface area contributed by atoms with E-state index in [2.05, 4.69) is 11.2 Å². The van der Waals surface area contributed by atoms with Crippen molar-refractivity contribution in [2.75, 3.05) is 0 Å². The van der Waals surface area contributed by atoms with Gasteiger partial charge in [0.25, 0.3) is 0 Å². The highest BCUT2D eigenvalue weighted by molar-refractivity contribution is 5.86. The Balaban J connectivity index is 4.86. The first-order valence-corrected chi connectivity index (χ1v) is 5.40. The summed E-state index contributed by atoms with van der Waals surface area (Å²) in [6.45, 7) is 2.06. The Morgan fingerprint density at radius 3 is 2.26 bits per heavy atom. The Hall–Kier alpha value is -1.91. The molecule has 0 heterocycles. The van der Waals surface area contributed by atoms with Crippen LogP contribution in [0.5, 0.6) is 0 Å². The molecule has 0 bridgehead atoms. The SMILES string of the molecule is C#CCC(CC)NC(=O)NC(C)(C(=O)O)C(F)(F)F. The molecule has 0 aliphatic rings. The zero-order valence-electron chi connectivity index (χ0n) is 10.5. The molecule has 19 heavy (non-hydrogen) atoms. The molecule has 0 saturated heterocycles. The van der Waals surface area contributed by atoms with Crippen LogP contribution in [0, 0.1) is 12.3 Å². The summed E-state index contributed by atoms with van der Waals surface area (Å²) in [5.41, 5.74) is -3.36. The number of amides is 2. The van der Waals surface area contributed by atoms with Gasteiger partial charge in [0, 0.05) is 12.5 Å². The third-order valence-corrected chi connectivity index (χ3v) is 2.55. The zero-order chi connectivity index (χ0) is 15.3. The Morgan fingerprint density at radius 2 is 1.95 bits per heavy atom. The summed E-state index contributed by atoms with van der Waals surface area (Å²) < 4.78 is 37.9. The van der Waals surface area contributed by atoms with Crippen molar-refractivity contribution in [1.82, 2.24) is 10.6 Å². The van der Waals surface area contributed by atoms with Crippen LogP contribution in [0.4, 0.5) is 18.0 Å². The third kappa shape index (κ3) is 4.35. The van der Waals surface area contributed by atoms with Crippen molar-refractivity contribution in [2.45, 2.75) is 44.4 Å². The van der Waals surface area contributed by atoms with Crippen LogP contribution in [0.2, 0.25) is 0 Å². The fourth-order valence-corrected chi connectivity index (χ4v) is 1.13. The number of hydrogen-bond acceptors (Lipinski definition) is 2. The molecule has 0 aromatic rings. The monoisotopic (exact) mass is 280 g/mol. The first-order chi connectivity index (χ1) is 8.58. The van der Waals surface area contributed by atoms with Gasteiger partial charge in [0.1, 0.15) is 0 Å². The maximum Gasteiger partial charge on any atom is 0.422 e. The smallest absolute Gasteiger partial charge is 0.422 e. The van der Waals surface area contributed by atoms with Crippen LogP contribution in [0.15, 0.2) is 0 Å². The average molecular weight is 280 g/mol. The van der Waals surface area contributed by atoms with E-state index >= 15 is 0 Å². The first kappa shape index (κ1) is 17.1. The van der Waals surface area contributed by atoms with Crippen molar-refractivity contribution in [3.63, 3.8) is 0 Å². The number of terminal acetylenes is 1. The molecule has 2 atom stereocenters. The number of urea groups is 1. The van der Waals surface area contributed by atoms with Gasteiger partial charge in [0.05, 0.1) is 0 Å². The van der Waals surface area contributed by atoms with E-state index in [1.54, 1.807) is 6.92 Å². The van der Waals surface area contributed by atoms with Crippen LogP contribution in [0.1, 0.15) is 26.7 Å². The second kappa shape index (κ2) is 6.31. The van der Waals surface area contributed by atoms with Crippen molar-refractivity contribution in [3.8, 4) is 12.3 Å². The van der Waals surface area contributed by atoms with Crippen molar-refractivity contribution in [3.05, 3.63) is 0 Å². The lowest BCUT2D eigenvalue weighted by Gasteiger charge is -2.29. The highest BCUT2D eigenvalue weighted by Crippen LogP contribution is 2.30. The van der Waals surface area contributed by atoms with Gasteiger partial charge >= 0.3 is 18.2 Å². The van der Waals surface area contributed by atoms with E-state index in [9.17, 15) is 22.8 Å². The van der Waals surface area contributed by atoms with E-state index in [1.807, 2.05) is 0 Å². The molecule has 2 amide bonds. The summed E-state index contributed by atoms with van der Waals surface area (Å²) in [5.74, 6) is 0.0646. The van der Waals surface area contributed by atoms with E-state index in [1.165, 1.54) is 5.32 Å². The molecule has 108 valence electrons. The van der Waals surface area contributed by atoms with Gasteiger partial charge in [-0.15, -0.1) is 12.3 Å². The van der Waals surface area contributed by atoms with E-state index in [-0.39, 0.29) is 6.42 Å². The number of carboxylic acid groups (broad SMARTS) is 1. The molecule has 0 aromatic carbocycles. The van der Waals surface area contributed by atoms with Crippen molar-refractivity contribution >= 4 is 12.0 Å². The predicted molar refractivity (Wildman–Crippen MR) is 61.3 cm³/mol. The van der Waals surface area contributed by atoms with Crippen LogP contribution < -0.4 is 10.6 Å². The molecule has 0 fully saturated rings. The number of hydrogen-bond donors (Lipinski definition) is 3. The fourth-order valence-electron chi connectivity index (χ4n) is 1.13. The number of carboxylic acids is 1. The van der Waals surface area contributed by atoms with E-state index in [4.69, 9.17) is 11.5 Å². The number of carbonyl (C=O) groups is 2. The summed E-state index contributed by atoms with van der Waals surface area (Å²) in [4.78, 5) is 22.1. The molecule has 2 unspecified atom stereocenters. The largest absolute Gasteiger partial charge is 0.479 e. The fraction of sp³-hybridized carbons (Fsp3) is 0.636. The second-order valence-electron chi connectivity index (χ2n) is 4.04. The summed E-state index contributed by atoms with van der Waals surface area (Å²) >= 11 is 0. The van der Waals surface area contributed by atoms with Gasteiger partial charge in [-0.25, -0.2) is 9.59 Å². The number of aliphatic carboxylic acids is 1. The maximum absolute atomic E-state index is 12.6. The molecular weight excluding hydrogens is 265 g/mol. The normalized spacial score (nSPS) is 15.8. The number of rotatable bonds is 5. The zero-order valence-corrected chi connectivity index (χ0v) is 10.5. The minimum absolute atomic E-state index is 0.139. The van der Waals surface area contributed by atoms with Gasteiger partial charge in [0.2, 0.25) is 5.54 Å². The lowest BCUT2D eigenvalue weighted by molar-refractivity contribution is -0.203. The molecule has 8 heteroatoms. The summed E-state index contributed by atoms with van der Waals surface area (Å²) in [6, 6.07) is -1.75. The summed E-state index contributed by atoms with van der Waals surface area (Å²) in [5, 5.41) is 12.2. The molecular formula is C11H15F3N2O3. The first-order valence-electron chi connectivity index (χ1n) is 5.40. The van der Waals surface area contributed by atoms with Crippen LogP contribution in [0.3, 0.4) is 0 Å². The molecule has 0 radical (unpaired) electrons. The predicted octanol–water partition coefficient (Wildman–Crippen LogP) is 1.49. The van der Waals surface area contributed by atoms with Crippen LogP contribution in [-0.2, 0) is 4.79 Å². The minimum Gasteiger partial charge on any atom is -0.479 e. The Kier molecular flexibility index (Phi) is 5.68. The molecule has 5 nitrogen and oxygen atoms in total. The number of halogens is 3. The van der Waals surface area contributed by atoms with Gasteiger partial charge in [-0.2, -0.15) is 13.2 Å². The highest BCUT2D eigenvalue weighted by atomic mass is 19.4. The second-order valence-corrected chi connectivity index (χ2v) is 4.04. The van der Waals surface area contributed by atoms with Gasteiger partial charge in [0.15, 0.2) is 0 Å². The molecule has 0 saturated carbocycles. The molecule has 0 aromatic heterocycles. The Labute approximate surface area is 108 Å². The average Bonchev–Trinajstić information content (AvgIpc) is 2.26. The number of nitrogens with one attached hydrogen (secondary N) is 2. The molecule has 0 aliphatic heterocycles. The standard InChI is InChI=1S/C11H15F3N2O3/c1-4-6-7(5-2)15-9(19)16-10(3,8(17)18)11(12,13)14/h1,7H,5-6H2,2-3H3,(H,17,18)(H2,15,16,19). The van der Waals surface area contributed by atoms with Crippen LogP contribution >= 0.6 is 0 Å². The molecule has 0 rings (SSSR count). The molecule has 0 spiro atoms. The van der Waals surface area contributed by atoms with Crippen molar-refractivity contribution in [2.24, 2.45) is 0 Å². The number of alkyl halides is 3. The van der Waals surface area contributed by atoms with E-state index < -0.39 is 29.8 Å².